The summed E-state index contributed by atoms with van der Waals surface area (Å²) in [5.74, 6) is 1.85. The molecule has 2 nitrogen and oxygen atoms in total. The van der Waals surface area contributed by atoms with Crippen LogP contribution >= 0.6 is 0 Å². The van der Waals surface area contributed by atoms with Gasteiger partial charge in [0.1, 0.15) is 5.82 Å². The molecule has 4 rings (SSSR count). The largest absolute Gasteiger partial charge is 0.371 e. The number of anilines is 1. The summed E-state index contributed by atoms with van der Waals surface area (Å²) >= 11 is 0. The van der Waals surface area contributed by atoms with Gasteiger partial charge in [-0.15, -0.1) is 0 Å². The smallest absolute Gasteiger partial charge is 0.123 e. The summed E-state index contributed by atoms with van der Waals surface area (Å²) in [7, 11) is 0. The predicted octanol–water partition coefficient (Wildman–Crippen LogP) is 3.96. The summed E-state index contributed by atoms with van der Waals surface area (Å²) in [6.07, 6.45) is 9.67. The Balaban J connectivity index is 1.29. The number of hydrogen-bond donors (Lipinski definition) is 1. The second kappa shape index (κ2) is 6.19. The minimum atomic E-state index is -0.146. The van der Waals surface area contributed by atoms with Gasteiger partial charge in [-0.1, -0.05) is 12.8 Å². The molecule has 1 aromatic rings. The highest BCUT2D eigenvalue weighted by Gasteiger charge is 2.39. The molecule has 1 saturated heterocycles. The molecule has 1 aliphatic heterocycles. The van der Waals surface area contributed by atoms with Crippen molar-refractivity contribution < 1.29 is 4.39 Å². The highest BCUT2D eigenvalue weighted by atomic mass is 19.1. The summed E-state index contributed by atoms with van der Waals surface area (Å²) < 4.78 is 13.0. The lowest BCUT2D eigenvalue weighted by Gasteiger charge is -2.36. The molecule has 3 aliphatic rings. The zero-order valence-corrected chi connectivity index (χ0v) is 13.3. The Labute approximate surface area is 133 Å². The van der Waals surface area contributed by atoms with E-state index in [0.29, 0.717) is 6.04 Å². The average molecular weight is 302 g/mol. The van der Waals surface area contributed by atoms with E-state index in [1.54, 1.807) is 12.1 Å². The Hall–Kier alpha value is -1.09. The Bertz CT molecular complexity index is 493. The van der Waals surface area contributed by atoms with Crippen LogP contribution in [-0.4, -0.2) is 25.2 Å². The number of rotatable bonds is 3. The predicted molar refractivity (Wildman–Crippen MR) is 88.6 cm³/mol. The summed E-state index contributed by atoms with van der Waals surface area (Å²) in [5.41, 5.74) is 1.16. The molecule has 0 spiro atoms. The lowest BCUT2D eigenvalue weighted by molar-refractivity contribution is 0.305. The number of hydrogen-bond acceptors (Lipinski definition) is 2. The highest BCUT2D eigenvalue weighted by molar-refractivity contribution is 5.46. The Kier molecular flexibility index (Phi) is 4.08. The van der Waals surface area contributed by atoms with E-state index in [-0.39, 0.29) is 5.82 Å². The van der Waals surface area contributed by atoms with Crippen LogP contribution in [0.4, 0.5) is 10.1 Å². The third kappa shape index (κ3) is 2.88. The van der Waals surface area contributed by atoms with Crippen molar-refractivity contribution in [2.24, 2.45) is 11.8 Å². The number of piperidine rings is 1. The Morgan fingerprint density at radius 3 is 2.45 bits per heavy atom. The maximum absolute atomic E-state index is 13.0. The second-order valence-electron chi connectivity index (χ2n) is 7.44. The van der Waals surface area contributed by atoms with Gasteiger partial charge in [-0.25, -0.2) is 4.39 Å². The molecule has 3 heteroatoms. The van der Waals surface area contributed by atoms with Gasteiger partial charge in [-0.3, -0.25) is 0 Å². The van der Waals surface area contributed by atoms with Gasteiger partial charge in [0, 0.05) is 30.9 Å². The molecule has 3 atom stereocenters. The fourth-order valence-electron chi connectivity index (χ4n) is 5.03. The van der Waals surface area contributed by atoms with Gasteiger partial charge < -0.3 is 10.2 Å². The first-order chi connectivity index (χ1) is 10.8. The summed E-state index contributed by atoms with van der Waals surface area (Å²) in [6.45, 7) is 2.17. The normalized spacial score (nSPS) is 32.4. The minimum Gasteiger partial charge on any atom is -0.371 e. The summed E-state index contributed by atoms with van der Waals surface area (Å²) in [4.78, 5) is 2.39. The van der Waals surface area contributed by atoms with Crippen LogP contribution in [0.5, 0.6) is 0 Å². The molecule has 22 heavy (non-hydrogen) atoms. The quantitative estimate of drug-likeness (QED) is 0.909. The zero-order valence-electron chi connectivity index (χ0n) is 13.3. The number of nitrogens with one attached hydrogen (secondary N) is 1. The van der Waals surface area contributed by atoms with Gasteiger partial charge >= 0.3 is 0 Å². The molecule has 120 valence electrons. The van der Waals surface area contributed by atoms with Crippen LogP contribution in [-0.2, 0) is 0 Å². The molecule has 1 aromatic carbocycles. The summed E-state index contributed by atoms with van der Waals surface area (Å²) in [6, 6.07) is 8.42. The van der Waals surface area contributed by atoms with Gasteiger partial charge in [0.15, 0.2) is 0 Å². The first-order valence-corrected chi connectivity index (χ1v) is 9.06. The molecule has 0 unspecified atom stereocenters. The van der Waals surface area contributed by atoms with E-state index in [1.807, 2.05) is 12.1 Å². The molecule has 0 radical (unpaired) electrons. The van der Waals surface area contributed by atoms with Crippen LogP contribution in [0.25, 0.3) is 0 Å². The maximum atomic E-state index is 13.0. The van der Waals surface area contributed by atoms with E-state index in [1.165, 1.54) is 44.9 Å². The van der Waals surface area contributed by atoms with Crippen LogP contribution in [0.15, 0.2) is 24.3 Å². The number of fused-ring (bicyclic) bond motifs is 1. The van der Waals surface area contributed by atoms with Crippen molar-refractivity contribution in [1.29, 1.82) is 0 Å². The third-order valence-corrected chi connectivity index (χ3v) is 6.22. The van der Waals surface area contributed by atoms with Gasteiger partial charge in [0.2, 0.25) is 0 Å². The molecular formula is C19H27FN2. The van der Waals surface area contributed by atoms with Crippen molar-refractivity contribution in [3.63, 3.8) is 0 Å². The van der Waals surface area contributed by atoms with E-state index in [9.17, 15) is 4.39 Å². The Morgan fingerprint density at radius 2 is 1.68 bits per heavy atom. The molecule has 0 aromatic heterocycles. The number of halogens is 1. The second-order valence-corrected chi connectivity index (χ2v) is 7.44. The molecule has 2 saturated carbocycles. The minimum absolute atomic E-state index is 0.146. The molecule has 1 N–H and O–H groups in total. The van der Waals surface area contributed by atoms with Gasteiger partial charge in [0.25, 0.3) is 0 Å². The van der Waals surface area contributed by atoms with Crippen LogP contribution in [0.3, 0.4) is 0 Å². The van der Waals surface area contributed by atoms with Crippen molar-refractivity contribution in [2.75, 3.05) is 18.0 Å². The monoisotopic (exact) mass is 302 g/mol. The number of nitrogens with zero attached hydrogens (tertiary/aromatic N) is 1. The topological polar surface area (TPSA) is 15.3 Å². The van der Waals surface area contributed by atoms with E-state index >= 15 is 0 Å². The fourth-order valence-corrected chi connectivity index (χ4v) is 5.03. The molecule has 0 bridgehead atoms. The molecular weight excluding hydrogens is 275 g/mol. The van der Waals surface area contributed by atoms with Crippen molar-refractivity contribution in [3.05, 3.63) is 30.1 Å². The standard InChI is InChI=1S/C19H27FN2/c20-15-5-7-17(8-6-15)22-12-10-16(11-13-22)21-19-9-4-14-2-1-3-18(14)19/h5-8,14,16,18-19,21H,1-4,9-13H2/t14-,18-,19-/m0/s1. The van der Waals surface area contributed by atoms with Gasteiger partial charge in [0.05, 0.1) is 0 Å². The van der Waals surface area contributed by atoms with Crippen molar-refractivity contribution in [3.8, 4) is 0 Å². The van der Waals surface area contributed by atoms with E-state index < -0.39 is 0 Å². The summed E-state index contributed by atoms with van der Waals surface area (Å²) in [5, 5.41) is 3.98. The maximum Gasteiger partial charge on any atom is 0.123 e. The fraction of sp³-hybridized carbons (Fsp3) is 0.684. The van der Waals surface area contributed by atoms with Crippen LogP contribution < -0.4 is 10.2 Å². The van der Waals surface area contributed by atoms with Gasteiger partial charge in [-0.2, -0.15) is 0 Å². The first kappa shape index (κ1) is 14.5. The SMILES string of the molecule is Fc1ccc(N2CCC(N[C@H]3CC[C@@H]4CCC[C@@H]43)CC2)cc1. The molecule has 0 amide bonds. The highest BCUT2D eigenvalue weighted by Crippen LogP contribution is 2.44. The number of benzene rings is 1. The lowest BCUT2D eigenvalue weighted by Crippen LogP contribution is -2.47. The Morgan fingerprint density at radius 1 is 0.909 bits per heavy atom. The van der Waals surface area contributed by atoms with Crippen LogP contribution in [0.2, 0.25) is 0 Å². The molecule has 1 heterocycles. The average Bonchev–Trinajstić information content (AvgIpc) is 3.14. The molecule has 2 aliphatic carbocycles. The van der Waals surface area contributed by atoms with E-state index in [0.717, 1.165) is 36.7 Å². The van der Waals surface area contributed by atoms with E-state index in [2.05, 4.69) is 10.2 Å². The third-order valence-electron chi connectivity index (χ3n) is 6.22. The van der Waals surface area contributed by atoms with Crippen molar-refractivity contribution in [1.82, 2.24) is 5.32 Å². The van der Waals surface area contributed by atoms with Crippen LogP contribution in [0, 0.1) is 17.7 Å². The first-order valence-electron chi connectivity index (χ1n) is 9.06. The van der Waals surface area contributed by atoms with E-state index in [4.69, 9.17) is 0 Å². The van der Waals surface area contributed by atoms with Crippen molar-refractivity contribution in [2.45, 2.75) is 57.0 Å². The van der Waals surface area contributed by atoms with Crippen LogP contribution in [0.1, 0.15) is 44.9 Å². The zero-order chi connectivity index (χ0) is 14.9. The van der Waals surface area contributed by atoms with Crippen molar-refractivity contribution >= 4 is 5.69 Å². The lowest BCUT2D eigenvalue weighted by atomic mass is 9.95. The van der Waals surface area contributed by atoms with Gasteiger partial charge in [-0.05, 0) is 68.2 Å². The molecule has 3 fully saturated rings.